The van der Waals surface area contributed by atoms with E-state index in [4.69, 9.17) is 16.3 Å². The molecular formula is C18H19ClN2O2. The fraction of sp³-hybridized carbons (Fsp3) is 0.333. The van der Waals surface area contributed by atoms with Gasteiger partial charge in [-0.05, 0) is 31.0 Å². The minimum Gasteiger partial charge on any atom is -0.472 e. The summed E-state index contributed by atoms with van der Waals surface area (Å²) in [5.41, 5.74) is 2.81. The summed E-state index contributed by atoms with van der Waals surface area (Å²) in [6.45, 7) is 3.11. The van der Waals surface area contributed by atoms with Crippen molar-refractivity contribution in [1.29, 1.82) is 0 Å². The maximum atomic E-state index is 12.8. The summed E-state index contributed by atoms with van der Waals surface area (Å²) in [4.78, 5) is 18.8. The van der Waals surface area contributed by atoms with Gasteiger partial charge in [-0.2, -0.15) is 0 Å². The van der Waals surface area contributed by atoms with Crippen LogP contribution in [0.25, 0.3) is 0 Å². The summed E-state index contributed by atoms with van der Waals surface area (Å²) >= 11 is 5.87. The normalized spacial score (nSPS) is 17.4. The van der Waals surface area contributed by atoms with E-state index in [1.165, 1.54) is 5.56 Å². The Balaban J connectivity index is 1.88. The van der Waals surface area contributed by atoms with Crippen LogP contribution in [0.4, 0.5) is 0 Å². The highest BCUT2D eigenvalue weighted by Gasteiger charge is 2.29. The maximum absolute atomic E-state index is 12.8. The second-order valence-electron chi connectivity index (χ2n) is 5.74. The first-order valence-electron chi connectivity index (χ1n) is 7.70. The number of amides is 1. The van der Waals surface area contributed by atoms with E-state index in [9.17, 15) is 4.79 Å². The van der Waals surface area contributed by atoms with Crippen LogP contribution in [0.2, 0.25) is 0 Å². The van der Waals surface area contributed by atoms with Crippen molar-refractivity contribution in [3.63, 3.8) is 0 Å². The van der Waals surface area contributed by atoms with Gasteiger partial charge in [0.05, 0.1) is 6.54 Å². The van der Waals surface area contributed by atoms with Gasteiger partial charge < -0.3 is 9.64 Å². The molecule has 0 radical (unpaired) electrons. The molecule has 1 aromatic carbocycles. The molecule has 0 aliphatic carbocycles. The molecule has 4 nitrogen and oxygen atoms in total. The molecule has 23 heavy (non-hydrogen) atoms. The highest BCUT2D eigenvalue weighted by atomic mass is 35.5. The predicted octanol–water partition coefficient (Wildman–Crippen LogP) is 3.42. The first-order chi connectivity index (χ1) is 11.2. The molecule has 3 rings (SSSR count). The van der Waals surface area contributed by atoms with Crippen LogP contribution in [0.1, 0.15) is 27.9 Å². The van der Waals surface area contributed by atoms with E-state index in [-0.39, 0.29) is 12.0 Å². The highest BCUT2D eigenvalue weighted by molar-refractivity contribution is 6.17. The van der Waals surface area contributed by atoms with Crippen LogP contribution in [0, 0.1) is 6.92 Å². The van der Waals surface area contributed by atoms with Crippen molar-refractivity contribution in [2.45, 2.75) is 26.0 Å². The number of halogens is 1. The summed E-state index contributed by atoms with van der Waals surface area (Å²) in [5.74, 6) is 0.837. The number of pyridine rings is 1. The van der Waals surface area contributed by atoms with Gasteiger partial charge in [0.1, 0.15) is 11.7 Å². The van der Waals surface area contributed by atoms with Gasteiger partial charge in [-0.15, -0.1) is 11.6 Å². The Labute approximate surface area is 141 Å². The van der Waals surface area contributed by atoms with E-state index < -0.39 is 0 Å². The van der Waals surface area contributed by atoms with E-state index in [1.807, 2.05) is 11.8 Å². The number of carbonyl (C=O) groups is 1. The van der Waals surface area contributed by atoms with Crippen LogP contribution in [0.15, 0.2) is 42.6 Å². The third-order valence-electron chi connectivity index (χ3n) is 3.92. The molecule has 1 aliphatic rings. The number of hydrogen-bond donors (Lipinski definition) is 0. The van der Waals surface area contributed by atoms with Gasteiger partial charge in [0.25, 0.3) is 5.91 Å². The fourth-order valence-electron chi connectivity index (χ4n) is 2.66. The molecule has 2 heterocycles. The van der Waals surface area contributed by atoms with Crippen molar-refractivity contribution >= 4 is 17.5 Å². The lowest BCUT2D eigenvalue weighted by Crippen LogP contribution is -2.36. The first kappa shape index (κ1) is 15.8. The highest BCUT2D eigenvalue weighted by Crippen LogP contribution is 2.24. The number of ether oxygens (including phenoxy) is 1. The van der Waals surface area contributed by atoms with Crippen LogP contribution < -0.4 is 4.74 Å². The number of alkyl halides is 1. The minimum absolute atomic E-state index is 0.0502. The van der Waals surface area contributed by atoms with E-state index in [2.05, 4.69) is 29.2 Å². The quantitative estimate of drug-likeness (QED) is 0.807. The zero-order valence-electron chi connectivity index (χ0n) is 13.0. The molecule has 1 aromatic heterocycles. The number of hydrogen-bond acceptors (Lipinski definition) is 3. The van der Waals surface area contributed by atoms with E-state index in [0.717, 1.165) is 5.56 Å². The molecule has 1 unspecified atom stereocenters. The molecule has 120 valence electrons. The Morgan fingerprint density at radius 3 is 2.83 bits per heavy atom. The molecule has 0 saturated carbocycles. The van der Waals surface area contributed by atoms with Crippen molar-refractivity contribution in [1.82, 2.24) is 9.88 Å². The predicted molar refractivity (Wildman–Crippen MR) is 89.9 cm³/mol. The standard InChI is InChI=1S/C18H19ClN2O2/c1-13-4-6-14(7-5-13)11-21-12-15(8-9-19)23-17-16(18(21)22)3-2-10-20-17/h2-7,10,15H,8-9,11-12H2,1H3. The van der Waals surface area contributed by atoms with Crippen LogP contribution in [-0.4, -0.2) is 34.3 Å². The molecule has 0 spiro atoms. The molecule has 0 N–H and O–H groups in total. The second-order valence-corrected chi connectivity index (χ2v) is 6.12. The molecule has 0 saturated heterocycles. The molecular weight excluding hydrogens is 312 g/mol. The van der Waals surface area contributed by atoms with E-state index in [1.54, 1.807) is 18.3 Å². The molecule has 0 fully saturated rings. The summed E-state index contributed by atoms with van der Waals surface area (Å²) in [7, 11) is 0. The topological polar surface area (TPSA) is 42.4 Å². The molecule has 2 aromatic rings. The number of aromatic nitrogens is 1. The summed E-state index contributed by atoms with van der Waals surface area (Å²) < 4.78 is 5.90. The van der Waals surface area contributed by atoms with Gasteiger partial charge in [0, 0.05) is 18.6 Å². The first-order valence-corrected chi connectivity index (χ1v) is 8.23. The molecule has 1 atom stereocenters. The van der Waals surface area contributed by atoms with Gasteiger partial charge >= 0.3 is 0 Å². The summed E-state index contributed by atoms with van der Waals surface area (Å²) in [6, 6.07) is 11.7. The van der Waals surface area contributed by atoms with Crippen LogP contribution >= 0.6 is 11.6 Å². The van der Waals surface area contributed by atoms with Crippen molar-refractivity contribution in [3.8, 4) is 5.88 Å². The lowest BCUT2D eigenvalue weighted by Gasteiger charge is -2.24. The average Bonchev–Trinajstić information content (AvgIpc) is 2.68. The monoisotopic (exact) mass is 330 g/mol. The van der Waals surface area contributed by atoms with Gasteiger partial charge in [-0.1, -0.05) is 29.8 Å². The molecule has 1 amide bonds. The second kappa shape index (κ2) is 7.01. The number of fused-ring (bicyclic) bond motifs is 1. The SMILES string of the molecule is Cc1ccc(CN2CC(CCCl)Oc3ncccc3C2=O)cc1. The Bertz CT molecular complexity index is 688. The maximum Gasteiger partial charge on any atom is 0.259 e. The summed E-state index contributed by atoms with van der Waals surface area (Å²) in [5, 5.41) is 0. The lowest BCUT2D eigenvalue weighted by atomic mass is 10.1. The van der Waals surface area contributed by atoms with Gasteiger partial charge in [0.2, 0.25) is 5.88 Å². The number of rotatable bonds is 4. The van der Waals surface area contributed by atoms with Gasteiger partial charge in [-0.25, -0.2) is 4.98 Å². The van der Waals surface area contributed by atoms with Crippen molar-refractivity contribution in [3.05, 3.63) is 59.3 Å². The molecule has 5 heteroatoms. The fourth-order valence-corrected chi connectivity index (χ4v) is 2.91. The average molecular weight is 331 g/mol. The van der Waals surface area contributed by atoms with Crippen molar-refractivity contribution in [2.24, 2.45) is 0 Å². The smallest absolute Gasteiger partial charge is 0.259 e. The third-order valence-corrected chi connectivity index (χ3v) is 4.13. The number of carbonyl (C=O) groups excluding carboxylic acids is 1. The molecule has 0 bridgehead atoms. The Hall–Kier alpha value is -2.07. The van der Waals surface area contributed by atoms with Crippen LogP contribution in [0.3, 0.4) is 0 Å². The lowest BCUT2D eigenvalue weighted by molar-refractivity contribution is 0.0691. The van der Waals surface area contributed by atoms with Gasteiger partial charge in [-0.3, -0.25) is 4.79 Å². The Morgan fingerprint density at radius 1 is 1.30 bits per heavy atom. The largest absolute Gasteiger partial charge is 0.472 e. The molecule has 1 aliphatic heterocycles. The van der Waals surface area contributed by atoms with Crippen LogP contribution in [0.5, 0.6) is 5.88 Å². The third kappa shape index (κ3) is 3.64. The minimum atomic E-state index is -0.141. The zero-order valence-corrected chi connectivity index (χ0v) is 13.8. The van der Waals surface area contributed by atoms with E-state index in [0.29, 0.717) is 36.8 Å². The van der Waals surface area contributed by atoms with Crippen molar-refractivity contribution in [2.75, 3.05) is 12.4 Å². The van der Waals surface area contributed by atoms with Crippen LogP contribution in [-0.2, 0) is 6.54 Å². The number of nitrogens with zero attached hydrogens (tertiary/aromatic N) is 2. The Kier molecular flexibility index (Phi) is 4.82. The number of aryl methyl sites for hydroxylation is 1. The van der Waals surface area contributed by atoms with Crippen molar-refractivity contribution < 1.29 is 9.53 Å². The zero-order chi connectivity index (χ0) is 16.2. The summed E-state index contributed by atoms with van der Waals surface area (Å²) in [6.07, 6.45) is 2.17. The van der Waals surface area contributed by atoms with Gasteiger partial charge in [0.15, 0.2) is 0 Å². The number of benzene rings is 1. The Morgan fingerprint density at radius 2 is 2.09 bits per heavy atom. The van der Waals surface area contributed by atoms with E-state index >= 15 is 0 Å².